The second-order valence-electron chi connectivity index (χ2n) is 3.31. The van der Waals surface area contributed by atoms with E-state index in [9.17, 15) is 4.79 Å². The number of hydrogen-bond acceptors (Lipinski definition) is 3. The molecule has 14 heavy (non-hydrogen) atoms. The highest BCUT2D eigenvalue weighted by Crippen LogP contribution is 2.09. The molecule has 1 aromatic heterocycles. The second kappa shape index (κ2) is 4.60. The van der Waals surface area contributed by atoms with E-state index < -0.39 is 5.97 Å². The Morgan fingerprint density at radius 2 is 2.21 bits per heavy atom. The van der Waals surface area contributed by atoms with Crippen LogP contribution in [0.3, 0.4) is 0 Å². The Balaban J connectivity index is 2.59. The molecular weight excluding hydrogens is 180 g/mol. The number of pyridine rings is 1. The van der Waals surface area contributed by atoms with Crippen molar-refractivity contribution in [2.45, 2.75) is 12.8 Å². The number of aromatic nitrogens is 1. The van der Waals surface area contributed by atoms with E-state index in [0.29, 0.717) is 6.42 Å². The third-order valence-corrected chi connectivity index (χ3v) is 1.89. The van der Waals surface area contributed by atoms with E-state index >= 15 is 0 Å². The Bertz CT molecular complexity index is 306. The van der Waals surface area contributed by atoms with Gasteiger partial charge in [-0.15, -0.1) is 0 Å². The summed E-state index contributed by atoms with van der Waals surface area (Å²) in [6.07, 6.45) is 2.41. The molecule has 1 rings (SSSR count). The van der Waals surface area contributed by atoms with E-state index in [-0.39, 0.29) is 6.42 Å². The Labute approximate surface area is 83.2 Å². The number of carboxylic acid groups (broad SMARTS) is 1. The molecule has 0 saturated carbocycles. The van der Waals surface area contributed by atoms with Gasteiger partial charge < -0.3 is 10.0 Å². The summed E-state index contributed by atoms with van der Waals surface area (Å²) in [6.45, 7) is 0. The summed E-state index contributed by atoms with van der Waals surface area (Å²) in [5.41, 5.74) is 0.956. The third-order valence-electron chi connectivity index (χ3n) is 1.89. The topological polar surface area (TPSA) is 53.4 Å². The van der Waals surface area contributed by atoms with Gasteiger partial charge in [0.1, 0.15) is 5.82 Å². The normalized spacial score (nSPS) is 9.86. The molecule has 0 unspecified atom stereocenters. The van der Waals surface area contributed by atoms with Crippen LogP contribution in [0.15, 0.2) is 18.3 Å². The van der Waals surface area contributed by atoms with Gasteiger partial charge in [0.2, 0.25) is 0 Å². The fourth-order valence-corrected chi connectivity index (χ4v) is 1.08. The van der Waals surface area contributed by atoms with Crippen LogP contribution in [0, 0.1) is 0 Å². The lowest BCUT2D eigenvalue weighted by Crippen LogP contribution is -2.10. The molecular formula is C10H14N2O2. The lowest BCUT2D eigenvalue weighted by atomic mass is 10.1. The highest BCUT2D eigenvalue weighted by atomic mass is 16.4. The molecule has 1 aromatic rings. The van der Waals surface area contributed by atoms with Crippen molar-refractivity contribution in [3.05, 3.63) is 23.9 Å². The van der Waals surface area contributed by atoms with Crippen molar-refractivity contribution in [3.8, 4) is 0 Å². The predicted octanol–water partition coefficient (Wildman–Crippen LogP) is 1.16. The average Bonchev–Trinajstić information content (AvgIpc) is 2.15. The molecule has 0 radical (unpaired) electrons. The van der Waals surface area contributed by atoms with E-state index in [1.807, 2.05) is 31.1 Å². The van der Waals surface area contributed by atoms with Gasteiger partial charge in [-0.3, -0.25) is 4.79 Å². The van der Waals surface area contributed by atoms with Gasteiger partial charge in [-0.25, -0.2) is 4.98 Å². The van der Waals surface area contributed by atoms with E-state index in [4.69, 9.17) is 5.11 Å². The molecule has 0 aromatic carbocycles. The van der Waals surface area contributed by atoms with Crippen molar-refractivity contribution >= 4 is 11.8 Å². The monoisotopic (exact) mass is 194 g/mol. The summed E-state index contributed by atoms with van der Waals surface area (Å²) < 4.78 is 0. The molecule has 0 bridgehead atoms. The molecule has 0 fully saturated rings. The number of rotatable bonds is 4. The van der Waals surface area contributed by atoms with Crippen LogP contribution < -0.4 is 4.90 Å². The molecule has 4 nitrogen and oxygen atoms in total. The van der Waals surface area contributed by atoms with Gasteiger partial charge in [0.05, 0.1) is 0 Å². The molecule has 0 saturated heterocycles. The quantitative estimate of drug-likeness (QED) is 0.781. The molecule has 0 spiro atoms. The Morgan fingerprint density at radius 1 is 1.50 bits per heavy atom. The van der Waals surface area contributed by atoms with E-state index in [1.165, 1.54) is 0 Å². The minimum atomic E-state index is -0.776. The Hall–Kier alpha value is -1.58. The minimum absolute atomic E-state index is 0.156. The first kappa shape index (κ1) is 10.5. The first-order valence-corrected chi connectivity index (χ1v) is 4.43. The van der Waals surface area contributed by atoms with Crippen LogP contribution >= 0.6 is 0 Å². The molecule has 4 heteroatoms. The van der Waals surface area contributed by atoms with Gasteiger partial charge >= 0.3 is 5.97 Å². The summed E-state index contributed by atoms with van der Waals surface area (Å²) in [4.78, 5) is 16.4. The second-order valence-corrected chi connectivity index (χ2v) is 3.31. The molecule has 0 amide bonds. The van der Waals surface area contributed by atoms with Crippen molar-refractivity contribution in [1.29, 1.82) is 0 Å². The highest BCUT2D eigenvalue weighted by molar-refractivity contribution is 5.67. The van der Waals surface area contributed by atoms with Crippen LogP contribution in [-0.4, -0.2) is 30.2 Å². The molecule has 1 heterocycles. The van der Waals surface area contributed by atoms with Crippen LogP contribution in [0.4, 0.5) is 5.82 Å². The minimum Gasteiger partial charge on any atom is -0.481 e. The van der Waals surface area contributed by atoms with Crippen molar-refractivity contribution in [3.63, 3.8) is 0 Å². The van der Waals surface area contributed by atoms with Crippen LogP contribution in [-0.2, 0) is 11.2 Å². The first-order valence-electron chi connectivity index (χ1n) is 4.43. The van der Waals surface area contributed by atoms with Gasteiger partial charge in [0.25, 0.3) is 0 Å². The van der Waals surface area contributed by atoms with Crippen molar-refractivity contribution in [2.24, 2.45) is 0 Å². The van der Waals surface area contributed by atoms with Gasteiger partial charge in [0.15, 0.2) is 0 Å². The largest absolute Gasteiger partial charge is 0.481 e. The maximum absolute atomic E-state index is 10.3. The van der Waals surface area contributed by atoms with Gasteiger partial charge in [-0.2, -0.15) is 0 Å². The van der Waals surface area contributed by atoms with Crippen LogP contribution in [0.5, 0.6) is 0 Å². The van der Waals surface area contributed by atoms with E-state index in [2.05, 4.69) is 4.98 Å². The van der Waals surface area contributed by atoms with Crippen molar-refractivity contribution < 1.29 is 9.90 Å². The summed E-state index contributed by atoms with van der Waals surface area (Å²) in [7, 11) is 3.83. The number of nitrogens with zero attached hydrogens (tertiary/aromatic N) is 2. The number of aliphatic carboxylic acids is 1. The lowest BCUT2D eigenvalue weighted by Gasteiger charge is -2.10. The summed E-state index contributed by atoms with van der Waals surface area (Å²) in [6, 6.07) is 3.79. The Kier molecular flexibility index (Phi) is 3.45. The molecule has 0 aliphatic carbocycles. The number of carbonyl (C=O) groups is 1. The third kappa shape index (κ3) is 3.05. The summed E-state index contributed by atoms with van der Waals surface area (Å²) >= 11 is 0. The van der Waals surface area contributed by atoms with E-state index in [0.717, 1.165) is 11.4 Å². The van der Waals surface area contributed by atoms with Crippen LogP contribution in [0.2, 0.25) is 0 Å². The zero-order valence-electron chi connectivity index (χ0n) is 8.40. The number of hydrogen-bond donors (Lipinski definition) is 1. The van der Waals surface area contributed by atoms with Gasteiger partial charge in [-0.05, 0) is 18.1 Å². The fraction of sp³-hybridized carbons (Fsp3) is 0.400. The zero-order chi connectivity index (χ0) is 10.6. The van der Waals surface area contributed by atoms with Gasteiger partial charge in [-0.1, -0.05) is 6.07 Å². The van der Waals surface area contributed by atoms with Crippen LogP contribution in [0.25, 0.3) is 0 Å². The maximum atomic E-state index is 10.3. The maximum Gasteiger partial charge on any atom is 0.303 e. The molecule has 76 valence electrons. The SMILES string of the molecule is CN(C)c1ccc(CCC(=O)O)cn1. The van der Waals surface area contributed by atoms with Crippen molar-refractivity contribution in [1.82, 2.24) is 4.98 Å². The summed E-state index contributed by atoms with van der Waals surface area (Å²) in [5.74, 6) is 0.103. The zero-order valence-corrected chi connectivity index (χ0v) is 8.40. The van der Waals surface area contributed by atoms with E-state index in [1.54, 1.807) is 6.20 Å². The first-order chi connectivity index (χ1) is 6.59. The highest BCUT2D eigenvalue weighted by Gasteiger charge is 2.00. The average molecular weight is 194 g/mol. The summed E-state index contributed by atoms with van der Waals surface area (Å²) in [5, 5.41) is 8.49. The molecule has 0 aliphatic rings. The smallest absolute Gasteiger partial charge is 0.303 e. The number of carboxylic acids is 1. The standard InChI is InChI=1S/C10H14N2O2/c1-12(2)9-5-3-8(7-11-9)4-6-10(13)14/h3,5,7H,4,6H2,1-2H3,(H,13,14). The van der Waals surface area contributed by atoms with Crippen LogP contribution in [0.1, 0.15) is 12.0 Å². The van der Waals surface area contributed by atoms with Gasteiger partial charge in [0, 0.05) is 26.7 Å². The number of aryl methyl sites for hydroxylation is 1. The number of anilines is 1. The predicted molar refractivity (Wildman–Crippen MR) is 54.5 cm³/mol. The molecule has 0 atom stereocenters. The molecule has 0 aliphatic heterocycles. The Morgan fingerprint density at radius 3 is 2.64 bits per heavy atom. The molecule has 1 N–H and O–H groups in total. The lowest BCUT2D eigenvalue weighted by molar-refractivity contribution is -0.136. The fourth-order valence-electron chi connectivity index (χ4n) is 1.08. The van der Waals surface area contributed by atoms with Crippen molar-refractivity contribution in [2.75, 3.05) is 19.0 Å².